The monoisotopic (exact) mass is 295 g/mol. The number of pyridine rings is 1. The van der Waals surface area contributed by atoms with Crippen molar-refractivity contribution < 1.29 is 5.21 Å². The molecule has 8 heteroatoms. The van der Waals surface area contributed by atoms with E-state index in [2.05, 4.69) is 10.3 Å². The van der Waals surface area contributed by atoms with Crippen LogP contribution in [0.25, 0.3) is 0 Å². The van der Waals surface area contributed by atoms with Crippen molar-refractivity contribution in [1.29, 1.82) is 0 Å². The van der Waals surface area contributed by atoms with Gasteiger partial charge >= 0.3 is 0 Å². The third-order valence-electron chi connectivity index (χ3n) is 2.99. The maximum absolute atomic E-state index is 12.2. The predicted molar refractivity (Wildman–Crippen MR) is 75.3 cm³/mol. The van der Waals surface area contributed by atoms with Crippen molar-refractivity contribution in [2.75, 3.05) is 0 Å². The van der Waals surface area contributed by atoms with Crippen LogP contribution in [-0.2, 0) is 13.6 Å². The number of nitrogens with two attached hydrogens (primary N) is 1. The van der Waals surface area contributed by atoms with Gasteiger partial charge in [-0.25, -0.2) is 0 Å². The highest BCUT2D eigenvalue weighted by Crippen LogP contribution is 2.19. The number of aromatic nitrogens is 3. The van der Waals surface area contributed by atoms with Crippen LogP contribution in [-0.4, -0.2) is 25.4 Å². The first-order valence-electron chi connectivity index (χ1n) is 5.81. The van der Waals surface area contributed by atoms with Crippen LogP contribution in [0.4, 0.5) is 0 Å². The zero-order valence-corrected chi connectivity index (χ0v) is 11.8. The molecule has 20 heavy (non-hydrogen) atoms. The summed E-state index contributed by atoms with van der Waals surface area (Å²) in [4.78, 5) is 12.2. The Bertz CT molecular complexity index is 732. The largest absolute Gasteiger partial charge is 0.409 e. The maximum Gasteiger partial charge on any atom is 0.262 e. The molecule has 2 heterocycles. The Balaban J connectivity index is 2.48. The summed E-state index contributed by atoms with van der Waals surface area (Å²) in [5.74, 6) is -0.225. The summed E-state index contributed by atoms with van der Waals surface area (Å²) in [6, 6.07) is 3.13. The van der Waals surface area contributed by atoms with E-state index in [4.69, 9.17) is 22.5 Å². The fourth-order valence-corrected chi connectivity index (χ4v) is 2.14. The lowest BCUT2D eigenvalue weighted by Crippen LogP contribution is -2.30. The Hall–Kier alpha value is -2.28. The molecule has 0 unspecified atom stereocenters. The average molecular weight is 296 g/mol. The highest BCUT2D eigenvalue weighted by molar-refractivity contribution is 6.31. The first-order valence-corrected chi connectivity index (χ1v) is 6.18. The van der Waals surface area contributed by atoms with Crippen LogP contribution in [0.15, 0.2) is 28.3 Å². The van der Waals surface area contributed by atoms with E-state index in [0.717, 1.165) is 0 Å². The molecule has 0 aromatic carbocycles. The number of oxime groups is 1. The van der Waals surface area contributed by atoms with Gasteiger partial charge in [-0.05, 0) is 19.1 Å². The van der Waals surface area contributed by atoms with Gasteiger partial charge in [-0.1, -0.05) is 16.8 Å². The number of amidine groups is 1. The first-order chi connectivity index (χ1) is 9.45. The third-order valence-corrected chi connectivity index (χ3v) is 3.48. The molecule has 7 nitrogen and oxygen atoms in total. The number of rotatable bonds is 3. The predicted octanol–water partition coefficient (Wildman–Crippen LogP) is 0.686. The Labute approximate surface area is 119 Å². The van der Waals surface area contributed by atoms with Crippen molar-refractivity contribution in [3.63, 3.8) is 0 Å². The van der Waals surface area contributed by atoms with E-state index in [1.807, 2.05) is 0 Å². The summed E-state index contributed by atoms with van der Waals surface area (Å²) in [7, 11) is 1.76. The van der Waals surface area contributed by atoms with Crippen molar-refractivity contribution in [3.05, 3.63) is 50.7 Å². The quantitative estimate of drug-likeness (QED) is 0.376. The normalized spacial score (nSPS) is 11.8. The van der Waals surface area contributed by atoms with E-state index in [1.54, 1.807) is 30.9 Å². The van der Waals surface area contributed by atoms with Crippen molar-refractivity contribution >= 4 is 17.4 Å². The number of nitrogens with zero attached hydrogens (tertiary/aromatic N) is 4. The number of hydrogen-bond acceptors (Lipinski definition) is 4. The molecule has 0 aliphatic heterocycles. The van der Waals surface area contributed by atoms with Crippen LogP contribution in [0.5, 0.6) is 0 Å². The van der Waals surface area contributed by atoms with Crippen molar-refractivity contribution in [1.82, 2.24) is 14.3 Å². The molecule has 0 spiro atoms. The highest BCUT2D eigenvalue weighted by atomic mass is 35.5. The minimum absolute atomic E-state index is 0.130. The Morgan fingerprint density at radius 1 is 1.60 bits per heavy atom. The van der Waals surface area contributed by atoms with Gasteiger partial charge in [-0.3, -0.25) is 9.48 Å². The molecule has 2 aromatic rings. The number of aryl methyl sites for hydroxylation is 2. The second-order valence-corrected chi connectivity index (χ2v) is 4.69. The van der Waals surface area contributed by atoms with Gasteiger partial charge < -0.3 is 15.5 Å². The number of halogens is 1. The molecule has 0 fully saturated rings. The van der Waals surface area contributed by atoms with Crippen LogP contribution in [0.3, 0.4) is 0 Å². The van der Waals surface area contributed by atoms with Crippen molar-refractivity contribution in [3.8, 4) is 0 Å². The smallest absolute Gasteiger partial charge is 0.262 e. The lowest BCUT2D eigenvalue weighted by molar-refractivity contribution is 0.318. The standard InChI is InChI=1S/C12H14ClN5O2/c1-7-10(13)9(17(2)15-7)6-18-5-3-4-8(12(18)19)11(14)16-20/h3-5,20H,6H2,1-2H3,(H2,14,16). The molecule has 0 bridgehead atoms. The second-order valence-electron chi connectivity index (χ2n) is 4.31. The molecule has 2 rings (SSSR count). The van der Waals surface area contributed by atoms with E-state index < -0.39 is 0 Å². The SMILES string of the molecule is Cc1nn(C)c(Cn2cccc(/C(N)=N/O)c2=O)c1Cl. The topological polar surface area (TPSA) is 98.4 Å². The summed E-state index contributed by atoms with van der Waals surface area (Å²) in [5, 5.41) is 16.2. The van der Waals surface area contributed by atoms with Gasteiger partial charge in [0.05, 0.1) is 28.5 Å². The Morgan fingerprint density at radius 3 is 2.85 bits per heavy atom. The van der Waals surface area contributed by atoms with Gasteiger partial charge in [0.2, 0.25) is 0 Å². The van der Waals surface area contributed by atoms with Gasteiger partial charge in [0.1, 0.15) is 0 Å². The molecule has 0 radical (unpaired) electrons. The zero-order valence-electron chi connectivity index (χ0n) is 11.0. The van der Waals surface area contributed by atoms with Crippen LogP contribution in [0.2, 0.25) is 5.02 Å². The molecule has 0 atom stereocenters. The third kappa shape index (κ3) is 2.39. The van der Waals surface area contributed by atoms with Crippen LogP contribution in [0.1, 0.15) is 17.0 Å². The van der Waals surface area contributed by atoms with Crippen molar-refractivity contribution in [2.24, 2.45) is 17.9 Å². The summed E-state index contributed by atoms with van der Waals surface area (Å²) in [6.07, 6.45) is 1.61. The van der Waals surface area contributed by atoms with E-state index in [1.165, 1.54) is 10.6 Å². The summed E-state index contributed by atoms with van der Waals surface area (Å²) >= 11 is 6.16. The van der Waals surface area contributed by atoms with Gasteiger partial charge in [0, 0.05) is 13.2 Å². The lowest BCUT2D eigenvalue weighted by Gasteiger charge is -2.08. The summed E-state index contributed by atoms with van der Waals surface area (Å²) < 4.78 is 3.05. The molecule has 106 valence electrons. The minimum atomic E-state index is -0.363. The van der Waals surface area contributed by atoms with Crippen LogP contribution < -0.4 is 11.3 Å². The van der Waals surface area contributed by atoms with Gasteiger partial charge in [0.15, 0.2) is 5.84 Å². The van der Waals surface area contributed by atoms with E-state index in [0.29, 0.717) is 16.4 Å². The molecular weight excluding hydrogens is 282 g/mol. The summed E-state index contributed by atoms with van der Waals surface area (Å²) in [6.45, 7) is 2.04. The van der Waals surface area contributed by atoms with Crippen molar-refractivity contribution in [2.45, 2.75) is 13.5 Å². The Kier molecular flexibility index (Phi) is 3.80. The van der Waals surface area contributed by atoms with Crippen LogP contribution >= 0.6 is 11.6 Å². The molecule has 0 amide bonds. The molecule has 0 aliphatic carbocycles. The average Bonchev–Trinajstić information content (AvgIpc) is 2.66. The molecular formula is C12H14ClN5O2. The van der Waals surface area contributed by atoms with Gasteiger partial charge in [0.25, 0.3) is 5.56 Å². The molecule has 0 saturated heterocycles. The van der Waals surface area contributed by atoms with Crippen LogP contribution in [0, 0.1) is 6.92 Å². The van der Waals surface area contributed by atoms with E-state index in [-0.39, 0.29) is 23.5 Å². The molecule has 0 aliphatic rings. The van der Waals surface area contributed by atoms with E-state index in [9.17, 15) is 4.79 Å². The second kappa shape index (κ2) is 5.38. The fourth-order valence-electron chi connectivity index (χ4n) is 1.92. The lowest BCUT2D eigenvalue weighted by atomic mass is 10.2. The highest BCUT2D eigenvalue weighted by Gasteiger charge is 2.14. The summed E-state index contributed by atoms with van der Waals surface area (Å²) in [5.41, 5.74) is 6.64. The van der Waals surface area contributed by atoms with Gasteiger partial charge in [-0.15, -0.1) is 0 Å². The Morgan fingerprint density at radius 2 is 2.30 bits per heavy atom. The van der Waals surface area contributed by atoms with E-state index >= 15 is 0 Å². The maximum atomic E-state index is 12.2. The number of hydrogen-bond donors (Lipinski definition) is 2. The molecule has 3 N–H and O–H groups in total. The fraction of sp³-hybridized carbons (Fsp3) is 0.250. The van der Waals surface area contributed by atoms with Gasteiger partial charge in [-0.2, -0.15) is 5.10 Å². The molecule has 0 saturated carbocycles. The minimum Gasteiger partial charge on any atom is -0.409 e. The molecule has 2 aromatic heterocycles. The first kappa shape index (κ1) is 14.1. The zero-order chi connectivity index (χ0) is 14.9.